The van der Waals surface area contributed by atoms with Crippen molar-refractivity contribution in [3.8, 4) is 16.4 Å². The Morgan fingerprint density at radius 3 is 2.56 bits per heavy atom. The molecule has 1 aliphatic heterocycles. The number of hydrogen-bond acceptors (Lipinski definition) is 8. The molecule has 4 heterocycles. The first kappa shape index (κ1) is 20.3. The monoisotopic (exact) mass is 446 g/mol. The number of rotatable bonds is 6. The molecular weight excluding hydrogens is 424 g/mol. The highest BCUT2D eigenvalue weighted by molar-refractivity contribution is 7.13. The molecule has 10 heteroatoms. The maximum atomic E-state index is 12.7. The van der Waals surface area contributed by atoms with Crippen LogP contribution < -0.4 is 10.2 Å². The molecule has 0 radical (unpaired) electrons. The molecule has 0 aliphatic carbocycles. The van der Waals surface area contributed by atoms with Gasteiger partial charge in [0.1, 0.15) is 17.7 Å². The van der Waals surface area contributed by atoms with E-state index >= 15 is 0 Å². The molecule has 1 aromatic carbocycles. The van der Waals surface area contributed by atoms with Gasteiger partial charge in [-0.05, 0) is 25.0 Å². The van der Waals surface area contributed by atoms with Gasteiger partial charge >= 0.3 is 0 Å². The number of aromatic nitrogens is 6. The van der Waals surface area contributed by atoms with E-state index in [1.165, 1.54) is 6.33 Å². The SMILES string of the molecule is O=C(NCc1csc(-c2ccccc2)n1)C1CCN(c2ccc(-n3cncn3)nn2)CC1. The summed E-state index contributed by atoms with van der Waals surface area (Å²) in [6.07, 6.45) is 4.61. The van der Waals surface area contributed by atoms with Gasteiger partial charge < -0.3 is 10.2 Å². The summed E-state index contributed by atoms with van der Waals surface area (Å²) in [5.74, 6) is 1.52. The lowest BCUT2D eigenvalue weighted by Gasteiger charge is -2.31. The number of anilines is 1. The van der Waals surface area contributed by atoms with Crippen molar-refractivity contribution in [2.45, 2.75) is 19.4 Å². The van der Waals surface area contributed by atoms with Crippen LogP contribution in [0.4, 0.5) is 5.82 Å². The zero-order valence-corrected chi connectivity index (χ0v) is 18.1. The molecule has 9 nitrogen and oxygen atoms in total. The summed E-state index contributed by atoms with van der Waals surface area (Å²) in [4.78, 5) is 23.4. The van der Waals surface area contributed by atoms with Crippen molar-refractivity contribution in [2.24, 2.45) is 5.92 Å². The average molecular weight is 447 g/mol. The number of amides is 1. The van der Waals surface area contributed by atoms with Crippen molar-refractivity contribution in [2.75, 3.05) is 18.0 Å². The third kappa shape index (κ3) is 4.50. The molecule has 32 heavy (non-hydrogen) atoms. The Bertz CT molecular complexity index is 1150. The Morgan fingerprint density at radius 2 is 1.84 bits per heavy atom. The van der Waals surface area contributed by atoms with Crippen LogP contribution in [0.2, 0.25) is 0 Å². The van der Waals surface area contributed by atoms with Gasteiger partial charge in [-0.3, -0.25) is 4.79 Å². The molecule has 3 aromatic heterocycles. The summed E-state index contributed by atoms with van der Waals surface area (Å²) in [5, 5.41) is 18.6. The Kier molecular flexibility index (Phi) is 5.84. The largest absolute Gasteiger partial charge is 0.355 e. The first-order valence-corrected chi connectivity index (χ1v) is 11.4. The third-order valence-electron chi connectivity index (χ3n) is 5.50. The maximum Gasteiger partial charge on any atom is 0.223 e. The van der Waals surface area contributed by atoms with Crippen molar-refractivity contribution < 1.29 is 4.79 Å². The minimum Gasteiger partial charge on any atom is -0.355 e. The van der Waals surface area contributed by atoms with Crippen LogP contribution in [0.5, 0.6) is 0 Å². The van der Waals surface area contributed by atoms with Crippen LogP contribution in [0.25, 0.3) is 16.4 Å². The van der Waals surface area contributed by atoms with E-state index < -0.39 is 0 Å². The van der Waals surface area contributed by atoms with E-state index in [0.717, 1.165) is 48.0 Å². The number of benzene rings is 1. The van der Waals surface area contributed by atoms with Crippen molar-refractivity contribution >= 4 is 23.1 Å². The van der Waals surface area contributed by atoms with Gasteiger partial charge in [-0.15, -0.1) is 21.5 Å². The lowest BCUT2D eigenvalue weighted by atomic mass is 9.96. The van der Waals surface area contributed by atoms with Gasteiger partial charge in [-0.25, -0.2) is 14.6 Å². The van der Waals surface area contributed by atoms with E-state index in [4.69, 9.17) is 0 Å². The van der Waals surface area contributed by atoms with Gasteiger partial charge in [0, 0.05) is 30.0 Å². The molecule has 1 saturated heterocycles. The fourth-order valence-corrected chi connectivity index (χ4v) is 4.56. The summed E-state index contributed by atoms with van der Waals surface area (Å²) in [6.45, 7) is 1.99. The first-order valence-electron chi connectivity index (χ1n) is 10.5. The number of piperidine rings is 1. The number of thiazole rings is 1. The molecule has 1 amide bonds. The second-order valence-corrected chi connectivity index (χ2v) is 8.44. The summed E-state index contributed by atoms with van der Waals surface area (Å²) < 4.78 is 1.57. The molecular formula is C22H22N8OS. The van der Waals surface area contributed by atoms with Crippen LogP contribution in [-0.4, -0.2) is 48.9 Å². The zero-order chi connectivity index (χ0) is 21.8. The fourth-order valence-electron chi connectivity index (χ4n) is 3.73. The van der Waals surface area contributed by atoms with Crippen LogP contribution in [-0.2, 0) is 11.3 Å². The van der Waals surface area contributed by atoms with E-state index in [2.05, 4.69) is 35.5 Å². The fraction of sp³-hybridized carbons (Fsp3) is 0.273. The smallest absolute Gasteiger partial charge is 0.223 e. The van der Waals surface area contributed by atoms with Crippen molar-refractivity contribution in [1.82, 2.24) is 35.3 Å². The summed E-state index contributed by atoms with van der Waals surface area (Å²) in [7, 11) is 0. The molecule has 1 aliphatic rings. The zero-order valence-electron chi connectivity index (χ0n) is 17.3. The van der Waals surface area contributed by atoms with Crippen LogP contribution in [0.15, 0.2) is 60.5 Å². The highest BCUT2D eigenvalue weighted by Crippen LogP contribution is 2.24. The highest BCUT2D eigenvalue weighted by Gasteiger charge is 2.25. The van der Waals surface area contributed by atoms with E-state index in [-0.39, 0.29) is 11.8 Å². The van der Waals surface area contributed by atoms with Crippen molar-refractivity contribution in [3.05, 3.63) is 66.2 Å². The number of nitrogens with zero attached hydrogens (tertiary/aromatic N) is 7. The van der Waals surface area contributed by atoms with E-state index in [9.17, 15) is 4.79 Å². The summed E-state index contributed by atoms with van der Waals surface area (Å²) in [5.41, 5.74) is 1.99. The van der Waals surface area contributed by atoms with E-state index in [0.29, 0.717) is 12.4 Å². The topological polar surface area (TPSA) is 102 Å². The van der Waals surface area contributed by atoms with E-state index in [1.54, 1.807) is 22.3 Å². The minimum atomic E-state index is 0.000797. The van der Waals surface area contributed by atoms with Crippen LogP contribution in [0.1, 0.15) is 18.5 Å². The second-order valence-electron chi connectivity index (χ2n) is 7.58. The summed E-state index contributed by atoms with van der Waals surface area (Å²) in [6, 6.07) is 13.9. The van der Waals surface area contributed by atoms with Gasteiger partial charge in [0.2, 0.25) is 5.91 Å². The Morgan fingerprint density at radius 1 is 1.06 bits per heavy atom. The first-order chi connectivity index (χ1) is 15.8. The van der Waals surface area contributed by atoms with Crippen LogP contribution >= 0.6 is 11.3 Å². The quantitative estimate of drug-likeness (QED) is 0.486. The molecule has 162 valence electrons. The van der Waals surface area contributed by atoms with Gasteiger partial charge in [-0.2, -0.15) is 5.10 Å². The molecule has 4 aromatic rings. The normalized spacial score (nSPS) is 14.4. The molecule has 0 bridgehead atoms. The van der Waals surface area contributed by atoms with Gasteiger partial charge in [0.15, 0.2) is 11.6 Å². The highest BCUT2D eigenvalue weighted by atomic mass is 32.1. The molecule has 1 fully saturated rings. The Hall–Kier alpha value is -3.66. The van der Waals surface area contributed by atoms with Gasteiger partial charge in [-0.1, -0.05) is 30.3 Å². The van der Waals surface area contributed by atoms with Crippen molar-refractivity contribution in [1.29, 1.82) is 0 Å². The lowest BCUT2D eigenvalue weighted by molar-refractivity contribution is -0.125. The molecule has 0 unspecified atom stereocenters. The van der Waals surface area contributed by atoms with Crippen molar-refractivity contribution in [3.63, 3.8) is 0 Å². The Labute approximate surface area is 189 Å². The second kappa shape index (κ2) is 9.23. The number of hydrogen-bond donors (Lipinski definition) is 1. The number of carbonyl (C=O) groups is 1. The van der Waals surface area contributed by atoms with Crippen LogP contribution in [0.3, 0.4) is 0 Å². The Balaban J connectivity index is 1.11. The van der Waals surface area contributed by atoms with Gasteiger partial charge in [0.05, 0.1) is 12.2 Å². The minimum absolute atomic E-state index is 0.000797. The molecule has 0 saturated carbocycles. The number of nitrogens with one attached hydrogen (secondary N) is 1. The van der Waals surface area contributed by atoms with Gasteiger partial charge in [0.25, 0.3) is 0 Å². The molecule has 0 spiro atoms. The standard InChI is InChI=1S/C22H22N8OS/c31-21(24-12-18-13-32-22(26-18)17-4-2-1-3-5-17)16-8-10-29(11-9-16)19-6-7-20(28-27-19)30-15-23-14-25-30/h1-7,13-16H,8-12H2,(H,24,31). The third-order valence-corrected chi connectivity index (χ3v) is 6.44. The average Bonchev–Trinajstić information content (AvgIpc) is 3.56. The lowest BCUT2D eigenvalue weighted by Crippen LogP contribution is -2.40. The van der Waals surface area contributed by atoms with Crippen LogP contribution in [0, 0.1) is 5.92 Å². The molecule has 0 atom stereocenters. The predicted molar refractivity (Wildman–Crippen MR) is 121 cm³/mol. The van der Waals surface area contributed by atoms with E-state index in [1.807, 2.05) is 47.8 Å². The maximum absolute atomic E-state index is 12.7. The predicted octanol–water partition coefficient (Wildman–Crippen LogP) is 2.71. The summed E-state index contributed by atoms with van der Waals surface area (Å²) >= 11 is 1.60. The molecule has 5 rings (SSSR count). The molecule has 1 N–H and O–H groups in total. The number of carbonyl (C=O) groups excluding carboxylic acids is 1.